The van der Waals surface area contributed by atoms with Crippen molar-refractivity contribution >= 4 is 13.1 Å². The predicted molar refractivity (Wildman–Crippen MR) is 58.1 cm³/mol. The number of nitrogens with two attached hydrogens (primary N) is 1. The molecule has 0 aromatic heterocycles. The van der Waals surface area contributed by atoms with E-state index in [4.69, 9.17) is 10.5 Å². The maximum absolute atomic E-state index is 11.4. The maximum atomic E-state index is 11.4. The molecule has 4 nitrogen and oxygen atoms in total. The van der Waals surface area contributed by atoms with Crippen molar-refractivity contribution < 1.29 is 14.1 Å². The molecule has 5 heteroatoms. The summed E-state index contributed by atoms with van der Waals surface area (Å²) < 4.78 is 16.5. The van der Waals surface area contributed by atoms with E-state index in [1.54, 1.807) is 34.1 Å². The highest BCUT2D eigenvalue weighted by atomic mass is 31.2. The summed E-state index contributed by atoms with van der Waals surface area (Å²) in [4.78, 5) is 11.4. The molecule has 0 bridgehead atoms. The number of hydrogen-bond acceptors (Lipinski definition) is 4. The Morgan fingerprint density at radius 3 is 2.14 bits per heavy atom. The van der Waals surface area contributed by atoms with Gasteiger partial charge < -0.3 is 15.0 Å². The fraction of sp³-hybridized carbons (Fsp3) is 0.889. The van der Waals surface area contributed by atoms with Gasteiger partial charge in [0.05, 0.1) is 7.14 Å². The van der Waals surface area contributed by atoms with Gasteiger partial charge in [-0.25, -0.2) is 0 Å². The summed E-state index contributed by atoms with van der Waals surface area (Å²) in [6.07, 6.45) is 0.196. The molecule has 0 aromatic carbocycles. The third-order valence-electron chi connectivity index (χ3n) is 1.35. The normalized spacial score (nSPS) is 15.0. The van der Waals surface area contributed by atoms with Crippen molar-refractivity contribution in [2.24, 2.45) is 5.73 Å². The van der Waals surface area contributed by atoms with Crippen LogP contribution in [0.1, 0.15) is 20.8 Å². The van der Waals surface area contributed by atoms with Crippen LogP contribution in [0.3, 0.4) is 0 Å². The van der Waals surface area contributed by atoms with Crippen LogP contribution in [0.25, 0.3) is 0 Å². The molecule has 0 spiro atoms. The minimum atomic E-state index is -2.27. The van der Waals surface area contributed by atoms with Gasteiger partial charge in [0, 0.05) is 6.16 Å². The predicted octanol–water partition coefficient (Wildman–Crippen LogP) is 1.28. The van der Waals surface area contributed by atoms with Crippen molar-refractivity contribution in [2.75, 3.05) is 19.5 Å². The number of esters is 1. The molecule has 0 saturated carbocycles. The van der Waals surface area contributed by atoms with E-state index in [2.05, 4.69) is 0 Å². The molecule has 1 unspecified atom stereocenters. The van der Waals surface area contributed by atoms with E-state index in [9.17, 15) is 9.36 Å². The van der Waals surface area contributed by atoms with E-state index in [1.807, 2.05) is 0 Å². The largest absolute Gasteiger partial charge is 0.459 e. The fourth-order valence-corrected chi connectivity index (χ4v) is 2.02. The summed E-state index contributed by atoms with van der Waals surface area (Å²) in [5, 5.41) is 0. The van der Waals surface area contributed by atoms with Crippen LogP contribution in [0.4, 0.5) is 0 Å². The lowest BCUT2D eigenvalue weighted by Gasteiger charge is -2.22. The quantitative estimate of drug-likeness (QED) is 0.575. The molecular weight excluding hydrogens is 201 g/mol. The fourth-order valence-electron chi connectivity index (χ4n) is 0.926. The molecule has 1 atom stereocenters. The first kappa shape index (κ1) is 13.7. The highest BCUT2D eigenvalue weighted by Gasteiger charge is 2.25. The van der Waals surface area contributed by atoms with Gasteiger partial charge in [0.2, 0.25) is 0 Å². The first-order valence-electron chi connectivity index (χ1n) is 4.54. The molecule has 0 aromatic rings. The van der Waals surface area contributed by atoms with Crippen molar-refractivity contribution in [1.29, 1.82) is 0 Å². The molecule has 0 heterocycles. The van der Waals surface area contributed by atoms with Crippen LogP contribution >= 0.6 is 7.14 Å². The third kappa shape index (κ3) is 7.10. The monoisotopic (exact) mass is 221 g/mol. The van der Waals surface area contributed by atoms with Crippen LogP contribution in [0.2, 0.25) is 0 Å². The maximum Gasteiger partial charge on any atom is 0.323 e. The Kier molecular flexibility index (Phi) is 4.34. The van der Waals surface area contributed by atoms with Crippen molar-refractivity contribution in [3.05, 3.63) is 0 Å². The molecule has 84 valence electrons. The second-order valence-electron chi connectivity index (χ2n) is 4.90. The van der Waals surface area contributed by atoms with E-state index in [-0.39, 0.29) is 6.16 Å². The molecular formula is C9H20NO3P. The van der Waals surface area contributed by atoms with Crippen LogP contribution in [0.15, 0.2) is 0 Å². The summed E-state index contributed by atoms with van der Waals surface area (Å²) in [5.41, 5.74) is 5.02. The third-order valence-corrected chi connectivity index (χ3v) is 2.62. The second kappa shape index (κ2) is 4.45. The molecule has 0 amide bonds. The Morgan fingerprint density at radius 2 is 1.86 bits per heavy atom. The highest BCUT2D eigenvalue weighted by molar-refractivity contribution is 7.62. The molecule has 0 aliphatic rings. The molecule has 14 heavy (non-hydrogen) atoms. The highest BCUT2D eigenvalue weighted by Crippen LogP contribution is 2.36. The van der Waals surface area contributed by atoms with E-state index in [0.29, 0.717) is 0 Å². The lowest BCUT2D eigenvalue weighted by molar-refractivity contribution is -0.155. The average Bonchev–Trinajstić information content (AvgIpc) is 1.78. The molecule has 0 aliphatic carbocycles. The lowest BCUT2D eigenvalue weighted by Crippen LogP contribution is -2.39. The van der Waals surface area contributed by atoms with Crippen LogP contribution in [-0.2, 0) is 14.1 Å². The minimum absolute atomic E-state index is 0.196. The minimum Gasteiger partial charge on any atom is -0.459 e. The first-order valence-corrected chi connectivity index (χ1v) is 7.32. The second-order valence-corrected chi connectivity index (χ2v) is 8.41. The summed E-state index contributed by atoms with van der Waals surface area (Å²) in [6.45, 7) is 8.54. The van der Waals surface area contributed by atoms with Crippen molar-refractivity contribution in [1.82, 2.24) is 0 Å². The summed E-state index contributed by atoms with van der Waals surface area (Å²) in [5.74, 6) is -0.485. The first-order chi connectivity index (χ1) is 6.01. The van der Waals surface area contributed by atoms with Gasteiger partial charge in [-0.1, -0.05) is 0 Å². The number of rotatable bonds is 3. The van der Waals surface area contributed by atoms with Gasteiger partial charge in [-0.2, -0.15) is 0 Å². The molecule has 0 aliphatic heterocycles. The van der Waals surface area contributed by atoms with Gasteiger partial charge in [0.25, 0.3) is 0 Å². The van der Waals surface area contributed by atoms with Crippen LogP contribution < -0.4 is 5.73 Å². The number of carbonyl (C=O) groups excluding carboxylic acids is 1. The van der Waals surface area contributed by atoms with Crippen LogP contribution in [0.5, 0.6) is 0 Å². The van der Waals surface area contributed by atoms with E-state index in [1.165, 1.54) is 0 Å². The summed E-state index contributed by atoms with van der Waals surface area (Å²) in [7, 11) is -2.27. The summed E-state index contributed by atoms with van der Waals surface area (Å²) in [6, 6.07) is -0.782. The average molecular weight is 221 g/mol. The standard InChI is InChI=1S/C9H20NO3P/c1-9(2,3)13-8(11)7(10)6-14(4,5)12/h7H,6,10H2,1-5H3. The zero-order valence-corrected chi connectivity index (χ0v) is 10.4. The smallest absolute Gasteiger partial charge is 0.323 e. The van der Waals surface area contributed by atoms with Gasteiger partial charge in [-0.3, -0.25) is 4.79 Å². The zero-order chi connectivity index (χ0) is 11.6. The number of ether oxygens (including phenoxy) is 1. The Balaban J connectivity index is 4.21. The van der Waals surface area contributed by atoms with Crippen LogP contribution in [-0.4, -0.2) is 37.1 Å². The Morgan fingerprint density at radius 1 is 1.43 bits per heavy atom. The van der Waals surface area contributed by atoms with E-state index < -0.39 is 24.8 Å². The van der Waals surface area contributed by atoms with Crippen molar-refractivity contribution in [3.63, 3.8) is 0 Å². The van der Waals surface area contributed by atoms with Crippen LogP contribution in [0, 0.1) is 0 Å². The van der Waals surface area contributed by atoms with Gasteiger partial charge in [-0.15, -0.1) is 0 Å². The Bertz CT molecular complexity index is 251. The van der Waals surface area contributed by atoms with Gasteiger partial charge in [-0.05, 0) is 34.1 Å². The van der Waals surface area contributed by atoms with Crippen molar-refractivity contribution in [3.8, 4) is 0 Å². The molecule has 2 N–H and O–H groups in total. The SMILES string of the molecule is CC(C)(C)OC(=O)C(N)CP(C)(C)=O. The molecule has 0 saturated heterocycles. The topological polar surface area (TPSA) is 69.4 Å². The molecule has 0 radical (unpaired) electrons. The lowest BCUT2D eigenvalue weighted by atomic mass is 10.2. The molecule has 0 fully saturated rings. The zero-order valence-electron chi connectivity index (χ0n) is 9.53. The molecule has 0 rings (SSSR count). The number of hydrogen-bond donors (Lipinski definition) is 1. The Labute approximate surface area is 85.6 Å². The van der Waals surface area contributed by atoms with E-state index in [0.717, 1.165) is 0 Å². The Hall–Kier alpha value is -0.340. The van der Waals surface area contributed by atoms with Gasteiger partial charge in [0.1, 0.15) is 11.6 Å². The number of carbonyl (C=O) groups is 1. The van der Waals surface area contributed by atoms with Gasteiger partial charge in [0.15, 0.2) is 0 Å². The van der Waals surface area contributed by atoms with E-state index >= 15 is 0 Å². The van der Waals surface area contributed by atoms with Crippen molar-refractivity contribution in [2.45, 2.75) is 32.4 Å². The summed E-state index contributed by atoms with van der Waals surface area (Å²) >= 11 is 0. The van der Waals surface area contributed by atoms with Gasteiger partial charge >= 0.3 is 5.97 Å².